The van der Waals surface area contributed by atoms with Gasteiger partial charge in [-0.25, -0.2) is 4.39 Å². The van der Waals surface area contributed by atoms with Gasteiger partial charge in [-0.3, -0.25) is 4.79 Å². The molecule has 4 nitrogen and oxygen atoms in total. The third kappa shape index (κ3) is 2.91. The predicted octanol–water partition coefficient (Wildman–Crippen LogP) is 4.14. The first-order valence-electron chi connectivity index (χ1n) is 6.90. The van der Waals surface area contributed by atoms with E-state index in [-0.39, 0.29) is 18.2 Å². The second-order valence-corrected chi connectivity index (χ2v) is 5.98. The Bertz CT molecular complexity index is 875. The van der Waals surface area contributed by atoms with Crippen LogP contribution in [-0.2, 0) is 11.3 Å². The van der Waals surface area contributed by atoms with Gasteiger partial charge in [0, 0.05) is 22.8 Å². The first-order chi connectivity index (χ1) is 11.1. The number of carbonyl (C=O) groups excluding carboxylic acids is 1. The van der Waals surface area contributed by atoms with E-state index >= 15 is 0 Å². The largest absolute Gasteiger partial charge is 0.506 e. The van der Waals surface area contributed by atoms with Gasteiger partial charge < -0.3 is 15.2 Å². The standard InChI is InChI=1S/C17H14FNO3S/c1-22-9-10-15-11(18)5-4-8-14(15)23-16(10)17(21)19-12-6-2-3-7-13(12)20/h2-8,20H,9H2,1H3,(H,19,21). The Labute approximate surface area is 136 Å². The van der Waals surface area contributed by atoms with E-state index in [1.807, 2.05) is 0 Å². The number of carbonyl (C=O) groups is 1. The number of anilines is 1. The van der Waals surface area contributed by atoms with Crippen molar-refractivity contribution >= 4 is 33.0 Å². The van der Waals surface area contributed by atoms with Crippen molar-refractivity contribution in [1.29, 1.82) is 0 Å². The monoisotopic (exact) mass is 331 g/mol. The summed E-state index contributed by atoms with van der Waals surface area (Å²) >= 11 is 1.20. The van der Waals surface area contributed by atoms with E-state index in [1.54, 1.807) is 30.3 Å². The number of methoxy groups -OCH3 is 1. The van der Waals surface area contributed by atoms with Crippen molar-refractivity contribution in [3.8, 4) is 5.75 Å². The van der Waals surface area contributed by atoms with Crippen LogP contribution in [0.5, 0.6) is 5.75 Å². The summed E-state index contributed by atoms with van der Waals surface area (Å²) in [6.45, 7) is 0.129. The molecule has 1 amide bonds. The number of thiophene rings is 1. The highest BCUT2D eigenvalue weighted by atomic mass is 32.1. The number of halogens is 1. The SMILES string of the molecule is COCc1c(C(=O)Nc2ccccc2O)sc2cccc(F)c12. The summed E-state index contributed by atoms with van der Waals surface area (Å²) < 4.78 is 19.9. The first kappa shape index (κ1) is 15.5. The summed E-state index contributed by atoms with van der Waals surface area (Å²) in [6, 6.07) is 11.2. The summed E-state index contributed by atoms with van der Waals surface area (Å²) in [4.78, 5) is 12.9. The van der Waals surface area contributed by atoms with E-state index in [9.17, 15) is 14.3 Å². The zero-order valence-electron chi connectivity index (χ0n) is 12.3. The average molecular weight is 331 g/mol. The number of amides is 1. The Morgan fingerprint density at radius 1 is 1.26 bits per heavy atom. The van der Waals surface area contributed by atoms with Gasteiger partial charge in [0.1, 0.15) is 11.6 Å². The fourth-order valence-electron chi connectivity index (χ4n) is 2.39. The molecule has 0 saturated carbocycles. The van der Waals surface area contributed by atoms with Gasteiger partial charge in [-0.1, -0.05) is 18.2 Å². The maximum Gasteiger partial charge on any atom is 0.266 e. The lowest BCUT2D eigenvalue weighted by Crippen LogP contribution is -2.12. The molecule has 0 aliphatic rings. The van der Waals surface area contributed by atoms with Crippen molar-refractivity contribution in [2.75, 3.05) is 12.4 Å². The Morgan fingerprint density at radius 2 is 2.04 bits per heavy atom. The molecular formula is C17H14FNO3S. The molecule has 3 aromatic rings. The number of benzene rings is 2. The van der Waals surface area contributed by atoms with Crippen LogP contribution >= 0.6 is 11.3 Å². The zero-order chi connectivity index (χ0) is 16.4. The molecule has 6 heteroatoms. The maximum absolute atomic E-state index is 14.1. The number of hydrogen-bond donors (Lipinski definition) is 2. The van der Waals surface area contributed by atoms with Gasteiger partial charge in [-0.05, 0) is 24.3 Å². The maximum atomic E-state index is 14.1. The molecule has 2 N–H and O–H groups in total. The highest BCUT2D eigenvalue weighted by molar-refractivity contribution is 7.21. The molecule has 0 aliphatic heterocycles. The molecule has 0 bridgehead atoms. The van der Waals surface area contributed by atoms with Gasteiger partial charge in [0.2, 0.25) is 0 Å². The van der Waals surface area contributed by atoms with E-state index in [0.29, 0.717) is 26.2 Å². The number of nitrogens with one attached hydrogen (secondary N) is 1. The van der Waals surface area contributed by atoms with E-state index in [0.717, 1.165) is 0 Å². The van der Waals surface area contributed by atoms with Crippen molar-refractivity contribution in [3.63, 3.8) is 0 Å². The van der Waals surface area contributed by atoms with Crippen molar-refractivity contribution in [3.05, 3.63) is 58.7 Å². The highest BCUT2D eigenvalue weighted by Gasteiger charge is 2.21. The number of rotatable bonds is 4. The van der Waals surface area contributed by atoms with E-state index in [2.05, 4.69) is 5.32 Å². The fraction of sp³-hybridized carbons (Fsp3) is 0.118. The lowest BCUT2D eigenvalue weighted by molar-refractivity contribution is 0.102. The van der Waals surface area contributed by atoms with Gasteiger partial charge >= 0.3 is 0 Å². The number of para-hydroxylation sites is 2. The number of hydrogen-bond acceptors (Lipinski definition) is 4. The molecule has 0 unspecified atom stereocenters. The first-order valence-corrected chi connectivity index (χ1v) is 7.71. The van der Waals surface area contributed by atoms with Crippen molar-refractivity contribution in [1.82, 2.24) is 0 Å². The van der Waals surface area contributed by atoms with Gasteiger partial charge in [-0.15, -0.1) is 11.3 Å². The summed E-state index contributed by atoms with van der Waals surface area (Å²) in [7, 11) is 1.50. The predicted molar refractivity (Wildman–Crippen MR) is 88.6 cm³/mol. The van der Waals surface area contributed by atoms with Crippen LogP contribution in [0.3, 0.4) is 0 Å². The number of phenols is 1. The van der Waals surface area contributed by atoms with Gasteiger partial charge in [0.05, 0.1) is 17.2 Å². The smallest absolute Gasteiger partial charge is 0.266 e. The number of aromatic hydroxyl groups is 1. The molecule has 0 saturated heterocycles. The minimum absolute atomic E-state index is 0.0265. The summed E-state index contributed by atoms with van der Waals surface area (Å²) in [5.41, 5.74) is 0.817. The van der Waals surface area contributed by atoms with Crippen LogP contribution in [0, 0.1) is 5.82 Å². The Morgan fingerprint density at radius 3 is 2.78 bits per heavy atom. The summed E-state index contributed by atoms with van der Waals surface area (Å²) in [5, 5.41) is 12.8. The van der Waals surface area contributed by atoms with Crippen LogP contribution < -0.4 is 5.32 Å². The number of ether oxygens (including phenoxy) is 1. The third-order valence-corrected chi connectivity index (χ3v) is 4.61. The lowest BCUT2D eigenvalue weighted by atomic mass is 10.1. The van der Waals surface area contributed by atoms with Crippen LogP contribution in [0.2, 0.25) is 0 Å². The summed E-state index contributed by atoms with van der Waals surface area (Å²) in [6.07, 6.45) is 0. The molecule has 0 spiro atoms. The molecule has 1 heterocycles. The van der Waals surface area contributed by atoms with Crippen molar-refractivity contribution in [2.24, 2.45) is 0 Å². The molecule has 2 aromatic carbocycles. The van der Waals surface area contributed by atoms with Crippen LogP contribution in [-0.4, -0.2) is 18.1 Å². The average Bonchev–Trinajstić information content (AvgIpc) is 2.90. The molecule has 118 valence electrons. The fourth-order valence-corrected chi connectivity index (χ4v) is 3.51. The lowest BCUT2D eigenvalue weighted by Gasteiger charge is -2.07. The molecule has 0 aliphatic carbocycles. The van der Waals surface area contributed by atoms with E-state index in [4.69, 9.17) is 4.74 Å². The number of phenolic OH excluding ortho intramolecular Hbond substituents is 1. The normalized spacial score (nSPS) is 10.9. The van der Waals surface area contributed by atoms with E-state index in [1.165, 1.54) is 30.6 Å². The number of fused-ring (bicyclic) bond motifs is 1. The molecule has 1 aromatic heterocycles. The van der Waals surface area contributed by atoms with Gasteiger partial charge in [0.15, 0.2) is 0 Å². The second kappa shape index (κ2) is 6.36. The molecule has 3 rings (SSSR count). The molecular weight excluding hydrogens is 317 g/mol. The topological polar surface area (TPSA) is 58.6 Å². The molecule has 0 atom stereocenters. The molecule has 23 heavy (non-hydrogen) atoms. The van der Waals surface area contributed by atoms with Crippen molar-refractivity contribution < 1.29 is 19.0 Å². The van der Waals surface area contributed by atoms with Gasteiger partial charge in [0.25, 0.3) is 5.91 Å². The Balaban J connectivity index is 2.05. The van der Waals surface area contributed by atoms with Crippen LogP contribution in [0.15, 0.2) is 42.5 Å². The Kier molecular flexibility index (Phi) is 4.27. The molecule has 0 fully saturated rings. The Hall–Kier alpha value is -2.44. The van der Waals surface area contributed by atoms with Crippen LogP contribution in [0.4, 0.5) is 10.1 Å². The third-order valence-electron chi connectivity index (χ3n) is 3.41. The second-order valence-electron chi connectivity index (χ2n) is 4.93. The van der Waals surface area contributed by atoms with Crippen molar-refractivity contribution in [2.45, 2.75) is 6.61 Å². The highest BCUT2D eigenvalue weighted by Crippen LogP contribution is 2.34. The zero-order valence-corrected chi connectivity index (χ0v) is 13.1. The van der Waals surface area contributed by atoms with Crippen LogP contribution in [0.1, 0.15) is 15.2 Å². The quantitative estimate of drug-likeness (QED) is 0.706. The minimum atomic E-state index is -0.404. The molecule has 0 radical (unpaired) electrons. The van der Waals surface area contributed by atoms with E-state index < -0.39 is 5.91 Å². The van der Waals surface area contributed by atoms with Crippen LogP contribution in [0.25, 0.3) is 10.1 Å². The van der Waals surface area contributed by atoms with Gasteiger partial charge in [-0.2, -0.15) is 0 Å². The summed E-state index contributed by atoms with van der Waals surface area (Å²) in [5.74, 6) is -0.812. The minimum Gasteiger partial charge on any atom is -0.506 e.